The van der Waals surface area contributed by atoms with E-state index in [1.165, 1.54) is 26.3 Å². The SMILES string of the molecule is COC(=O)[C@@](C)(N)c1cc[nH]c(=O)c1. The molecule has 5 heteroatoms. The molecule has 1 aromatic heterocycles. The van der Waals surface area contributed by atoms with Crippen molar-refractivity contribution in [3.8, 4) is 0 Å². The molecule has 0 amide bonds. The van der Waals surface area contributed by atoms with E-state index in [0.717, 1.165) is 0 Å². The molecule has 0 aliphatic rings. The van der Waals surface area contributed by atoms with Crippen LogP contribution in [0.3, 0.4) is 0 Å². The molecule has 0 fully saturated rings. The fraction of sp³-hybridized carbons (Fsp3) is 0.333. The number of carbonyl (C=O) groups is 1. The Kier molecular flexibility index (Phi) is 2.71. The molecule has 0 aliphatic heterocycles. The Morgan fingerprint density at radius 2 is 2.29 bits per heavy atom. The third kappa shape index (κ3) is 1.82. The maximum atomic E-state index is 11.3. The van der Waals surface area contributed by atoms with Crippen LogP contribution in [-0.4, -0.2) is 18.1 Å². The van der Waals surface area contributed by atoms with Crippen molar-refractivity contribution >= 4 is 5.97 Å². The molecular formula is C9H12N2O3. The molecule has 0 spiro atoms. The lowest BCUT2D eigenvalue weighted by atomic mass is 9.94. The van der Waals surface area contributed by atoms with Gasteiger partial charge in [-0.3, -0.25) is 4.79 Å². The van der Waals surface area contributed by atoms with Crippen LogP contribution in [0.4, 0.5) is 0 Å². The monoisotopic (exact) mass is 196 g/mol. The summed E-state index contributed by atoms with van der Waals surface area (Å²) < 4.78 is 4.53. The van der Waals surface area contributed by atoms with Gasteiger partial charge in [-0.2, -0.15) is 0 Å². The van der Waals surface area contributed by atoms with Gasteiger partial charge in [0.15, 0.2) is 0 Å². The summed E-state index contributed by atoms with van der Waals surface area (Å²) in [7, 11) is 1.25. The zero-order valence-corrected chi connectivity index (χ0v) is 8.03. The van der Waals surface area contributed by atoms with E-state index in [0.29, 0.717) is 5.56 Å². The van der Waals surface area contributed by atoms with E-state index in [9.17, 15) is 9.59 Å². The Balaban J connectivity index is 3.16. The number of aromatic nitrogens is 1. The fourth-order valence-electron chi connectivity index (χ4n) is 1.10. The molecule has 0 radical (unpaired) electrons. The first-order valence-corrected chi connectivity index (χ1v) is 4.05. The molecule has 0 bridgehead atoms. The Hall–Kier alpha value is -1.62. The van der Waals surface area contributed by atoms with Crippen LogP contribution in [0.5, 0.6) is 0 Å². The summed E-state index contributed by atoms with van der Waals surface area (Å²) in [6.07, 6.45) is 1.44. The van der Waals surface area contributed by atoms with E-state index in [2.05, 4.69) is 9.72 Å². The topological polar surface area (TPSA) is 85.2 Å². The summed E-state index contributed by atoms with van der Waals surface area (Å²) in [5, 5.41) is 0. The molecule has 0 saturated heterocycles. The van der Waals surface area contributed by atoms with Gasteiger partial charge in [0.2, 0.25) is 5.56 Å². The van der Waals surface area contributed by atoms with Crippen LogP contribution < -0.4 is 11.3 Å². The predicted octanol–water partition coefficient (Wildman–Crippen LogP) is -0.278. The lowest BCUT2D eigenvalue weighted by Gasteiger charge is -2.21. The lowest BCUT2D eigenvalue weighted by molar-refractivity contribution is -0.146. The minimum Gasteiger partial charge on any atom is -0.467 e. The Labute approximate surface area is 80.9 Å². The van der Waals surface area contributed by atoms with Crippen molar-refractivity contribution in [1.82, 2.24) is 4.98 Å². The molecule has 14 heavy (non-hydrogen) atoms. The number of pyridine rings is 1. The van der Waals surface area contributed by atoms with E-state index in [4.69, 9.17) is 5.73 Å². The van der Waals surface area contributed by atoms with E-state index in [1.807, 2.05) is 0 Å². The molecular weight excluding hydrogens is 184 g/mol. The number of esters is 1. The quantitative estimate of drug-likeness (QED) is 0.637. The van der Waals surface area contributed by atoms with Gasteiger partial charge in [0.25, 0.3) is 0 Å². The summed E-state index contributed by atoms with van der Waals surface area (Å²) in [6, 6.07) is 2.84. The highest BCUT2D eigenvalue weighted by molar-refractivity contribution is 5.81. The van der Waals surface area contributed by atoms with Crippen LogP contribution in [0.15, 0.2) is 23.1 Å². The van der Waals surface area contributed by atoms with Crippen LogP contribution in [0.25, 0.3) is 0 Å². The Morgan fingerprint density at radius 3 is 2.79 bits per heavy atom. The largest absolute Gasteiger partial charge is 0.467 e. The minimum atomic E-state index is -1.29. The molecule has 1 rings (SSSR count). The first-order valence-electron chi connectivity index (χ1n) is 4.05. The van der Waals surface area contributed by atoms with Gasteiger partial charge < -0.3 is 15.5 Å². The van der Waals surface area contributed by atoms with Crippen LogP contribution in [0, 0.1) is 0 Å². The smallest absolute Gasteiger partial charge is 0.330 e. The van der Waals surface area contributed by atoms with E-state index < -0.39 is 11.5 Å². The fourth-order valence-corrected chi connectivity index (χ4v) is 1.10. The maximum absolute atomic E-state index is 11.3. The van der Waals surface area contributed by atoms with Gasteiger partial charge in [0.1, 0.15) is 5.54 Å². The number of hydrogen-bond donors (Lipinski definition) is 2. The van der Waals surface area contributed by atoms with Gasteiger partial charge in [0.05, 0.1) is 7.11 Å². The number of hydrogen-bond acceptors (Lipinski definition) is 4. The van der Waals surface area contributed by atoms with Crippen molar-refractivity contribution in [3.05, 3.63) is 34.2 Å². The second-order valence-electron chi connectivity index (χ2n) is 3.14. The van der Waals surface area contributed by atoms with Crippen LogP contribution in [0.2, 0.25) is 0 Å². The molecule has 5 nitrogen and oxygen atoms in total. The number of H-pyrrole nitrogens is 1. The average molecular weight is 196 g/mol. The van der Waals surface area contributed by atoms with Crippen LogP contribution >= 0.6 is 0 Å². The number of nitrogens with two attached hydrogens (primary N) is 1. The highest BCUT2D eigenvalue weighted by atomic mass is 16.5. The van der Waals surface area contributed by atoms with Crippen molar-refractivity contribution < 1.29 is 9.53 Å². The third-order valence-corrected chi connectivity index (χ3v) is 1.98. The molecule has 1 heterocycles. The van der Waals surface area contributed by atoms with Crippen LogP contribution in [0.1, 0.15) is 12.5 Å². The zero-order chi connectivity index (χ0) is 10.8. The average Bonchev–Trinajstić information content (AvgIpc) is 2.16. The molecule has 3 N–H and O–H groups in total. The number of aromatic amines is 1. The number of methoxy groups -OCH3 is 1. The van der Waals surface area contributed by atoms with E-state index in [-0.39, 0.29) is 5.56 Å². The van der Waals surface area contributed by atoms with Crippen molar-refractivity contribution in [2.24, 2.45) is 5.73 Å². The summed E-state index contributed by atoms with van der Waals surface area (Å²) in [6.45, 7) is 1.49. The second-order valence-corrected chi connectivity index (χ2v) is 3.14. The van der Waals surface area contributed by atoms with Gasteiger partial charge in [-0.05, 0) is 18.6 Å². The van der Waals surface area contributed by atoms with Crippen molar-refractivity contribution in [2.45, 2.75) is 12.5 Å². The summed E-state index contributed by atoms with van der Waals surface area (Å²) >= 11 is 0. The Morgan fingerprint density at radius 1 is 1.64 bits per heavy atom. The van der Waals surface area contributed by atoms with Crippen LogP contribution in [-0.2, 0) is 15.1 Å². The third-order valence-electron chi connectivity index (χ3n) is 1.98. The van der Waals surface area contributed by atoms with Gasteiger partial charge in [0, 0.05) is 12.3 Å². The second kappa shape index (κ2) is 3.63. The van der Waals surface area contributed by atoms with Crippen molar-refractivity contribution in [2.75, 3.05) is 7.11 Å². The van der Waals surface area contributed by atoms with Gasteiger partial charge in [-0.15, -0.1) is 0 Å². The lowest BCUT2D eigenvalue weighted by Crippen LogP contribution is -2.43. The van der Waals surface area contributed by atoms with E-state index in [1.54, 1.807) is 6.07 Å². The molecule has 0 unspecified atom stereocenters. The molecule has 76 valence electrons. The summed E-state index contributed by atoms with van der Waals surface area (Å²) in [5.41, 5.74) is 4.57. The first-order chi connectivity index (χ1) is 6.48. The molecule has 1 atom stereocenters. The zero-order valence-electron chi connectivity index (χ0n) is 8.03. The normalized spacial score (nSPS) is 14.5. The van der Waals surface area contributed by atoms with Gasteiger partial charge in [-0.1, -0.05) is 0 Å². The maximum Gasteiger partial charge on any atom is 0.330 e. The van der Waals surface area contributed by atoms with Gasteiger partial charge in [-0.25, -0.2) is 4.79 Å². The number of carbonyl (C=O) groups excluding carboxylic acids is 1. The Bertz CT molecular complexity index is 395. The van der Waals surface area contributed by atoms with Crippen molar-refractivity contribution in [3.63, 3.8) is 0 Å². The standard InChI is InChI=1S/C9H12N2O3/c1-9(10,8(13)14-2)6-3-4-11-7(12)5-6/h3-5H,10H2,1-2H3,(H,11,12)/t9-/m0/s1. The molecule has 0 saturated carbocycles. The molecule has 0 aromatic carbocycles. The van der Waals surface area contributed by atoms with Gasteiger partial charge >= 0.3 is 5.97 Å². The molecule has 0 aliphatic carbocycles. The highest BCUT2D eigenvalue weighted by Crippen LogP contribution is 2.16. The highest BCUT2D eigenvalue weighted by Gasteiger charge is 2.31. The van der Waals surface area contributed by atoms with Crippen molar-refractivity contribution in [1.29, 1.82) is 0 Å². The number of nitrogens with one attached hydrogen (secondary N) is 1. The summed E-state index contributed by atoms with van der Waals surface area (Å²) in [4.78, 5) is 24.7. The summed E-state index contributed by atoms with van der Waals surface area (Å²) in [5.74, 6) is -0.580. The molecule has 1 aromatic rings. The minimum absolute atomic E-state index is 0.303. The number of rotatable bonds is 2. The predicted molar refractivity (Wildman–Crippen MR) is 50.6 cm³/mol. The first kappa shape index (κ1) is 10.5. The number of ether oxygens (including phenoxy) is 1. The van der Waals surface area contributed by atoms with E-state index >= 15 is 0 Å².